The standard InChI is InChI=1S/C17H20F3N3O2S.HI/c1-21-16(23-10-13-4-3-7-26-13)22-9-12-5-6-14(15(8-12)24-2)25-11-17(18,19)20;/h3-8H,9-11H2,1-2H3,(H2,21,22,23);1H. The third-order valence-electron chi connectivity index (χ3n) is 3.31. The number of benzene rings is 1. The minimum atomic E-state index is -4.40. The van der Waals surface area contributed by atoms with Crippen LogP contribution in [0.3, 0.4) is 0 Å². The molecule has 0 unspecified atom stereocenters. The highest BCUT2D eigenvalue weighted by Gasteiger charge is 2.29. The van der Waals surface area contributed by atoms with Gasteiger partial charge in [-0.15, -0.1) is 35.3 Å². The predicted molar refractivity (Wildman–Crippen MR) is 111 cm³/mol. The third kappa shape index (κ3) is 8.24. The molecule has 0 bridgehead atoms. The molecule has 1 heterocycles. The number of nitrogens with zero attached hydrogens (tertiary/aromatic N) is 1. The van der Waals surface area contributed by atoms with Gasteiger partial charge in [-0.2, -0.15) is 13.2 Å². The van der Waals surface area contributed by atoms with Gasteiger partial charge in [-0.3, -0.25) is 4.99 Å². The van der Waals surface area contributed by atoms with E-state index in [4.69, 9.17) is 9.47 Å². The Labute approximate surface area is 177 Å². The quantitative estimate of drug-likeness (QED) is 0.330. The zero-order chi connectivity index (χ0) is 19.0. The number of guanidine groups is 1. The third-order valence-corrected chi connectivity index (χ3v) is 4.19. The topological polar surface area (TPSA) is 54.9 Å². The number of aliphatic imine (C=N–C) groups is 1. The molecule has 2 aromatic rings. The molecular weight excluding hydrogens is 494 g/mol. The Balaban J connectivity index is 0.00000364. The Morgan fingerprint density at radius 1 is 1.15 bits per heavy atom. The zero-order valence-electron chi connectivity index (χ0n) is 14.8. The van der Waals surface area contributed by atoms with Gasteiger partial charge in [0.2, 0.25) is 0 Å². The lowest BCUT2D eigenvalue weighted by Gasteiger charge is -2.15. The summed E-state index contributed by atoms with van der Waals surface area (Å²) in [6.07, 6.45) is -4.40. The summed E-state index contributed by atoms with van der Waals surface area (Å²) in [6.45, 7) is -0.273. The van der Waals surface area contributed by atoms with E-state index in [0.717, 1.165) is 5.56 Å². The summed E-state index contributed by atoms with van der Waals surface area (Å²) in [5, 5.41) is 8.33. The van der Waals surface area contributed by atoms with Gasteiger partial charge >= 0.3 is 6.18 Å². The molecule has 0 radical (unpaired) electrons. The normalized spacial score (nSPS) is 11.5. The van der Waals surface area contributed by atoms with E-state index in [0.29, 0.717) is 19.0 Å². The molecule has 1 aromatic carbocycles. The fraction of sp³-hybridized carbons (Fsp3) is 0.353. The van der Waals surface area contributed by atoms with E-state index >= 15 is 0 Å². The molecule has 0 aliphatic carbocycles. The number of methoxy groups -OCH3 is 1. The second kappa shape index (κ2) is 11.2. The van der Waals surface area contributed by atoms with Crippen molar-refractivity contribution in [2.24, 2.45) is 4.99 Å². The van der Waals surface area contributed by atoms with Crippen LogP contribution in [0.2, 0.25) is 0 Å². The molecule has 0 aliphatic heterocycles. The van der Waals surface area contributed by atoms with E-state index in [1.807, 2.05) is 17.5 Å². The molecule has 0 aliphatic rings. The van der Waals surface area contributed by atoms with Gasteiger partial charge in [-0.25, -0.2) is 0 Å². The first-order valence-electron chi connectivity index (χ1n) is 7.74. The van der Waals surface area contributed by atoms with Gasteiger partial charge in [-0.05, 0) is 29.1 Å². The molecule has 150 valence electrons. The molecule has 5 nitrogen and oxygen atoms in total. The molecule has 0 saturated carbocycles. The summed E-state index contributed by atoms with van der Waals surface area (Å²) in [7, 11) is 3.05. The number of rotatable bonds is 7. The number of halogens is 4. The molecule has 0 amide bonds. The van der Waals surface area contributed by atoms with Crippen molar-refractivity contribution in [2.45, 2.75) is 19.3 Å². The number of thiophene rings is 1. The summed E-state index contributed by atoms with van der Waals surface area (Å²) in [5.41, 5.74) is 0.820. The van der Waals surface area contributed by atoms with Crippen molar-refractivity contribution in [2.75, 3.05) is 20.8 Å². The summed E-state index contributed by atoms with van der Waals surface area (Å²) in [6, 6.07) is 8.77. The fourth-order valence-corrected chi connectivity index (χ4v) is 2.74. The molecule has 2 rings (SSSR count). The van der Waals surface area contributed by atoms with E-state index < -0.39 is 12.8 Å². The first kappa shape index (κ1) is 23.3. The first-order chi connectivity index (χ1) is 12.4. The molecule has 27 heavy (non-hydrogen) atoms. The fourth-order valence-electron chi connectivity index (χ4n) is 2.09. The van der Waals surface area contributed by atoms with Gasteiger partial charge < -0.3 is 20.1 Å². The van der Waals surface area contributed by atoms with E-state index in [1.165, 1.54) is 18.1 Å². The summed E-state index contributed by atoms with van der Waals surface area (Å²) < 4.78 is 46.7. The van der Waals surface area contributed by atoms with Crippen LogP contribution < -0.4 is 20.1 Å². The lowest BCUT2D eigenvalue weighted by atomic mass is 10.2. The number of nitrogens with one attached hydrogen (secondary N) is 2. The van der Waals surface area contributed by atoms with Gasteiger partial charge in [0.15, 0.2) is 24.1 Å². The summed E-state index contributed by atoms with van der Waals surface area (Å²) in [5.74, 6) is 0.915. The van der Waals surface area contributed by atoms with Crippen LogP contribution in [0.15, 0.2) is 40.7 Å². The zero-order valence-corrected chi connectivity index (χ0v) is 17.9. The van der Waals surface area contributed by atoms with Gasteiger partial charge in [0.05, 0.1) is 13.7 Å². The highest BCUT2D eigenvalue weighted by molar-refractivity contribution is 14.0. The average Bonchev–Trinajstić information content (AvgIpc) is 3.13. The van der Waals surface area contributed by atoms with Crippen LogP contribution >= 0.6 is 35.3 Å². The van der Waals surface area contributed by atoms with Crippen molar-refractivity contribution in [3.63, 3.8) is 0 Å². The monoisotopic (exact) mass is 515 g/mol. The minimum Gasteiger partial charge on any atom is -0.493 e. The number of hydrogen-bond donors (Lipinski definition) is 2. The van der Waals surface area contributed by atoms with Gasteiger partial charge in [0.1, 0.15) is 0 Å². The summed E-state index contributed by atoms with van der Waals surface area (Å²) in [4.78, 5) is 5.32. The van der Waals surface area contributed by atoms with Crippen LogP contribution in [0.4, 0.5) is 13.2 Å². The second-order valence-electron chi connectivity index (χ2n) is 5.25. The van der Waals surface area contributed by atoms with Gasteiger partial charge in [-0.1, -0.05) is 12.1 Å². The molecule has 0 saturated heterocycles. The Bertz CT molecular complexity index is 725. The highest BCUT2D eigenvalue weighted by Crippen LogP contribution is 2.29. The maximum absolute atomic E-state index is 12.3. The van der Waals surface area contributed by atoms with Crippen LogP contribution in [0.1, 0.15) is 10.4 Å². The minimum absolute atomic E-state index is 0. The Kier molecular flexibility index (Phi) is 9.70. The Morgan fingerprint density at radius 2 is 1.89 bits per heavy atom. The smallest absolute Gasteiger partial charge is 0.422 e. The van der Waals surface area contributed by atoms with E-state index in [-0.39, 0.29) is 35.5 Å². The SMILES string of the molecule is CN=C(NCc1ccc(OCC(F)(F)F)c(OC)c1)NCc1cccs1.I. The van der Waals surface area contributed by atoms with Crippen LogP contribution in [0, 0.1) is 0 Å². The van der Waals surface area contributed by atoms with Crippen LogP contribution in [0.25, 0.3) is 0 Å². The molecular formula is C17H21F3IN3O2S. The molecule has 1 aromatic heterocycles. The van der Waals surface area contributed by atoms with E-state index in [1.54, 1.807) is 30.5 Å². The molecule has 0 fully saturated rings. The largest absolute Gasteiger partial charge is 0.493 e. The van der Waals surface area contributed by atoms with E-state index in [2.05, 4.69) is 15.6 Å². The van der Waals surface area contributed by atoms with Gasteiger partial charge in [0.25, 0.3) is 0 Å². The van der Waals surface area contributed by atoms with Crippen molar-refractivity contribution in [1.82, 2.24) is 10.6 Å². The lowest BCUT2D eigenvalue weighted by Crippen LogP contribution is -2.36. The van der Waals surface area contributed by atoms with Crippen molar-refractivity contribution >= 4 is 41.3 Å². The Morgan fingerprint density at radius 3 is 2.48 bits per heavy atom. The molecule has 0 spiro atoms. The second-order valence-corrected chi connectivity index (χ2v) is 6.28. The number of alkyl halides is 3. The maximum atomic E-state index is 12.3. The lowest BCUT2D eigenvalue weighted by molar-refractivity contribution is -0.153. The van der Waals surface area contributed by atoms with Crippen molar-refractivity contribution < 1.29 is 22.6 Å². The number of ether oxygens (including phenoxy) is 2. The predicted octanol–water partition coefficient (Wildman–Crippen LogP) is 4.18. The number of hydrogen-bond acceptors (Lipinski definition) is 4. The van der Waals surface area contributed by atoms with Crippen molar-refractivity contribution in [3.05, 3.63) is 46.2 Å². The van der Waals surface area contributed by atoms with Crippen LogP contribution in [-0.4, -0.2) is 32.9 Å². The van der Waals surface area contributed by atoms with Crippen molar-refractivity contribution in [3.8, 4) is 11.5 Å². The maximum Gasteiger partial charge on any atom is 0.422 e. The molecule has 2 N–H and O–H groups in total. The first-order valence-corrected chi connectivity index (χ1v) is 8.62. The van der Waals surface area contributed by atoms with Crippen LogP contribution in [-0.2, 0) is 13.1 Å². The highest BCUT2D eigenvalue weighted by atomic mass is 127. The summed E-state index contributed by atoms with van der Waals surface area (Å²) >= 11 is 1.65. The molecule has 0 atom stereocenters. The van der Waals surface area contributed by atoms with E-state index in [9.17, 15) is 13.2 Å². The van der Waals surface area contributed by atoms with Crippen molar-refractivity contribution in [1.29, 1.82) is 0 Å². The molecule has 10 heteroatoms. The average molecular weight is 515 g/mol. The van der Waals surface area contributed by atoms with Gasteiger partial charge in [0, 0.05) is 18.5 Å². The Hall–Kier alpha value is -1.69. The van der Waals surface area contributed by atoms with Crippen LogP contribution in [0.5, 0.6) is 11.5 Å².